The van der Waals surface area contributed by atoms with Gasteiger partial charge in [-0.1, -0.05) is 0 Å². The van der Waals surface area contributed by atoms with Crippen molar-refractivity contribution >= 4 is 21.4 Å². The number of alkyl halides is 3. The zero-order valence-electron chi connectivity index (χ0n) is 10.6. The van der Waals surface area contributed by atoms with Crippen molar-refractivity contribution in [3.8, 4) is 6.07 Å². The van der Waals surface area contributed by atoms with E-state index in [0.717, 1.165) is 19.4 Å². The van der Waals surface area contributed by atoms with Gasteiger partial charge in [-0.05, 0) is 27.5 Å². The molecule has 0 radical (unpaired) electrons. The molecule has 108 valence electrons. The molecule has 20 heavy (non-hydrogen) atoms. The molecule has 0 saturated heterocycles. The molecule has 8 heteroatoms. The number of rotatable bonds is 2. The molecule has 0 amide bonds. The van der Waals surface area contributed by atoms with E-state index in [2.05, 4.69) is 10.6 Å². The Balaban J connectivity index is 3.82. The number of nitriles is 1. The molecule has 1 rings (SSSR count). The summed E-state index contributed by atoms with van der Waals surface area (Å²) in [6.07, 6.45) is -3.71. The topological polar surface area (TPSA) is 67.2 Å². The molecule has 0 fully saturated rings. The lowest BCUT2D eigenvalue weighted by atomic mass is 10.0. The smallest absolute Gasteiger partial charge is 0.417 e. The summed E-state index contributed by atoms with van der Waals surface area (Å²) in [5.41, 5.74) is -2.37. The number of nitrogens with zero attached hydrogens (tertiary/aromatic N) is 1. The Labute approximate surface area is 113 Å². The number of ether oxygens (including phenoxy) is 1. The second-order valence-electron chi connectivity index (χ2n) is 4.00. The number of carbonyl (C=O) groups excluding carboxylic acids is 1. The summed E-state index contributed by atoms with van der Waals surface area (Å²) in [4.78, 5) is 11.2. The van der Waals surface area contributed by atoms with Crippen LogP contribution >= 0.6 is 0 Å². The van der Waals surface area contributed by atoms with Crippen molar-refractivity contribution in [1.29, 1.82) is 5.26 Å². The van der Waals surface area contributed by atoms with Gasteiger partial charge in [-0.2, -0.15) is 18.4 Å². The van der Waals surface area contributed by atoms with Gasteiger partial charge in [0.05, 0.1) is 29.9 Å². The Morgan fingerprint density at radius 3 is 2.35 bits per heavy atom. The van der Waals surface area contributed by atoms with E-state index in [1.165, 1.54) is 6.07 Å². The molecule has 1 atom stereocenters. The van der Waals surface area contributed by atoms with Gasteiger partial charge in [0, 0.05) is 11.2 Å². The third-order valence-electron chi connectivity index (χ3n) is 2.42. The lowest BCUT2D eigenvalue weighted by Crippen LogP contribution is -2.15. The predicted molar refractivity (Wildman–Crippen MR) is 67.0 cm³/mol. The van der Waals surface area contributed by atoms with Crippen LogP contribution in [0.3, 0.4) is 0 Å². The highest BCUT2D eigenvalue weighted by Gasteiger charge is 2.36. The average molecular weight is 305 g/mol. The first-order valence-electron chi connectivity index (χ1n) is 5.08. The van der Waals surface area contributed by atoms with Gasteiger partial charge in [-0.15, -0.1) is 0 Å². The third-order valence-corrected chi connectivity index (χ3v) is 3.68. The second-order valence-corrected chi connectivity index (χ2v) is 6.45. The van der Waals surface area contributed by atoms with Crippen molar-refractivity contribution in [3.05, 3.63) is 28.8 Å². The third kappa shape index (κ3) is 3.11. The maximum atomic E-state index is 12.8. The molecule has 1 aromatic rings. The Hall–Kier alpha value is -2.01. The normalized spacial score (nSPS) is 14.2. The average Bonchev–Trinajstić information content (AvgIpc) is 2.33. The minimum Gasteiger partial charge on any atom is -0.465 e. The first-order chi connectivity index (χ1) is 9.02. The van der Waals surface area contributed by atoms with Gasteiger partial charge in [-0.3, -0.25) is 4.21 Å². The molecule has 0 N–H and O–H groups in total. The van der Waals surface area contributed by atoms with Crippen molar-refractivity contribution in [2.24, 2.45) is 0 Å². The van der Waals surface area contributed by atoms with Crippen LogP contribution in [0.1, 0.15) is 21.5 Å². The second kappa shape index (κ2) is 5.17. The fraction of sp³-hybridized carbons (Fsp3) is 0.250. The highest BCUT2D eigenvalue weighted by atomic mass is 32.2. The van der Waals surface area contributed by atoms with E-state index < -0.39 is 37.7 Å². The monoisotopic (exact) mass is 305 g/mol. The van der Waals surface area contributed by atoms with E-state index in [1.54, 1.807) is 0 Å². The van der Waals surface area contributed by atoms with Gasteiger partial charge in [0.15, 0.2) is 0 Å². The van der Waals surface area contributed by atoms with Crippen LogP contribution < -0.4 is 0 Å². The first kappa shape index (κ1) is 16.0. The Bertz CT molecular complexity index is 700. The summed E-state index contributed by atoms with van der Waals surface area (Å²) in [5, 5.41) is 8.77. The van der Waals surface area contributed by atoms with Crippen molar-refractivity contribution < 1.29 is 26.9 Å². The van der Waals surface area contributed by atoms with E-state index in [-0.39, 0.29) is 5.56 Å². The van der Waals surface area contributed by atoms with E-state index in [0.29, 0.717) is 6.07 Å². The van der Waals surface area contributed by atoms with E-state index in [9.17, 15) is 22.2 Å². The van der Waals surface area contributed by atoms with Crippen LogP contribution in [0.5, 0.6) is 0 Å². The molecule has 0 heterocycles. The van der Waals surface area contributed by atoms with Crippen molar-refractivity contribution in [2.75, 3.05) is 13.4 Å². The molecular formula is C12H10F3NO3S. The van der Waals surface area contributed by atoms with Crippen LogP contribution in [0.15, 0.2) is 17.0 Å². The maximum Gasteiger partial charge on any atom is 0.417 e. The maximum absolute atomic E-state index is 12.8. The summed E-state index contributed by atoms with van der Waals surface area (Å²) < 4.78 is 54.9. The number of hydrogen-bond acceptors (Lipinski definition) is 4. The fourth-order valence-corrected chi connectivity index (χ4v) is 2.51. The standard InChI is InChI=1S/C12H10F3NO3S/c1-19-11(17)8-4-7(6-16)9(12(13,14)15)5-10(8)20(2,3)18/h4-5H,2H2,1,3H3. The van der Waals surface area contributed by atoms with Gasteiger partial charge in [0.1, 0.15) is 0 Å². The molecule has 0 bridgehead atoms. The number of carbonyl (C=O) groups is 1. The van der Waals surface area contributed by atoms with Crippen molar-refractivity contribution in [1.82, 2.24) is 0 Å². The predicted octanol–water partition coefficient (Wildman–Crippen LogP) is 2.07. The Morgan fingerprint density at radius 1 is 1.45 bits per heavy atom. The Kier molecular flexibility index (Phi) is 4.15. The number of hydrogen-bond donors (Lipinski definition) is 0. The van der Waals surface area contributed by atoms with Crippen LogP contribution in [-0.2, 0) is 20.4 Å². The molecule has 0 saturated carbocycles. The Morgan fingerprint density at radius 2 is 2.00 bits per heavy atom. The SMILES string of the molecule is C=S(C)(=O)c1cc(C(F)(F)F)c(C#N)cc1C(=O)OC. The summed E-state index contributed by atoms with van der Waals surface area (Å²) >= 11 is 0. The van der Waals surface area contributed by atoms with Crippen molar-refractivity contribution in [2.45, 2.75) is 11.1 Å². The first-order valence-corrected chi connectivity index (χ1v) is 7.21. The molecule has 1 aromatic carbocycles. The zero-order chi connectivity index (χ0) is 15.7. The molecule has 0 aromatic heterocycles. The van der Waals surface area contributed by atoms with Gasteiger partial charge in [-0.25, -0.2) is 4.79 Å². The summed E-state index contributed by atoms with van der Waals surface area (Å²) in [6, 6.07) is 2.59. The summed E-state index contributed by atoms with van der Waals surface area (Å²) in [7, 11) is -2.08. The summed E-state index contributed by atoms with van der Waals surface area (Å²) in [5.74, 6) is 2.28. The number of benzene rings is 1. The van der Waals surface area contributed by atoms with Gasteiger partial charge in [0.2, 0.25) is 0 Å². The highest BCUT2D eigenvalue weighted by molar-refractivity contribution is 7.99. The largest absolute Gasteiger partial charge is 0.465 e. The molecule has 0 aliphatic carbocycles. The van der Waals surface area contributed by atoms with Gasteiger partial charge >= 0.3 is 12.1 Å². The van der Waals surface area contributed by atoms with E-state index >= 15 is 0 Å². The number of methoxy groups -OCH3 is 1. The highest BCUT2D eigenvalue weighted by Crippen LogP contribution is 2.35. The molecular weight excluding hydrogens is 295 g/mol. The quantitative estimate of drug-likeness (QED) is 0.619. The van der Waals surface area contributed by atoms with Crippen LogP contribution in [0.25, 0.3) is 0 Å². The number of halogens is 3. The van der Waals surface area contributed by atoms with Gasteiger partial charge < -0.3 is 4.74 Å². The van der Waals surface area contributed by atoms with Crippen LogP contribution in [-0.4, -0.2) is 29.4 Å². The van der Waals surface area contributed by atoms with E-state index in [1.807, 2.05) is 0 Å². The number of esters is 1. The molecule has 4 nitrogen and oxygen atoms in total. The van der Waals surface area contributed by atoms with Crippen LogP contribution in [0.2, 0.25) is 0 Å². The van der Waals surface area contributed by atoms with Crippen LogP contribution in [0.4, 0.5) is 13.2 Å². The summed E-state index contributed by atoms with van der Waals surface area (Å²) in [6.45, 7) is 0. The zero-order valence-corrected chi connectivity index (χ0v) is 11.4. The minimum atomic E-state index is -4.81. The molecule has 0 aliphatic heterocycles. The minimum absolute atomic E-state index is 0.362. The molecule has 0 aliphatic rings. The molecule has 0 spiro atoms. The fourth-order valence-electron chi connectivity index (χ4n) is 1.53. The molecule has 1 unspecified atom stereocenters. The van der Waals surface area contributed by atoms with E-state index in [4.69, 9.17) is 5.26 Å². The lowest BCUT2D eigenvalue weighted by molar-refractivity contribution is -0.137. The van der Waals surface area contributed by atoms with Crippen LogP contribution in [0, 0.1) is 11.3 Å². The lowest BCUT2D eigenvalue weighted by Gasteiger charge is -2.15. The van der Waals surface area contributed by atoms with Gasteiger partial charge in [0.25, 0.3) is 0 Å². The van der Waals surface area contributed by atoms with Crippen molar-refractivity contribution in [3.63, 3.8) is 0 Å².